The lowest BCUT2D eigenvalue weighted by Crippen LogP contribution is -1.95. The summed E-state index contributed by atoms with van der Waals surface area (Å²) in [6.45, 7) is 1.41. The topological polar surface area (TPSA) is 30.0 Å². The number of Topliss-reactive ketones (excluding diaryl/α,β-unsaturated/α-hetero) is 1. The lowest BCUT2D eigenvalue weighted by molar-refractivity contribution is 0.101. The minimum Gasteiger partial charge on any atom is -0.294 e. The van der Waals surface area contributed by atoms with E-state index in [9.17, 15) is 4.79 Å². The molecule has 1 aromatic heterocycles. The molecule has 11 heavy (non-hydrogen) atoms. The second-order valence-electron chi connectivity index (χ2n) is 2.03. The van der Waals surface area contributed by atoms with Crippen LogP contribution in [0.1, 0.15) is 17.3 Å². The van der Waals surface area contributed by atoms with Crippen molar-refractivity contribution in [1.82, 2.24) is 4.98 Å². The molecule has 0 N–H and O–H groups in total. The number of carbonyl (C=O) groups excluding carboxylic acids is 1. The second-order valence-corrected chi connectivity index (χ2v) is 2.85. The van der Waals surface area contributed by atoms with Crippen LogP contribution in [-0.4, -0.2) is 10.8 Å². The molecule has 58 valence electrons. The number of carbonyl (C=O) groups is 1. The summed E-state index contributed by atoms with van der Waals surface area (Å²) < 4.78 is 0. The van der Waals surface area contributed by atoms with Gasteiger partial charge in [0.2, 0.25) is 0 Å². The zero-order chi connectivity index (χ0) is 8.43. The maximum atomic E-state index is 10.9. The number of pyridine rings is 1. The van der Waals surface area contributed by atoms with E-state index >= 15 is 0 Å². The van der Waals surface area contributed by atoms with Crippen LogP contribution in [0.4, 0.5) is 0 Å². The molecule has 0 amide bonds. The molecule has 0 spiro atoms. The van der Waals surface area contributed by atoms with Gasteiger partial charge in [-0.3, -0.25) is 9.78 Å². The molecule has 0 unspecified atom stereocenters. The SMILES string of the molecule is CC(=O)c1c(Cl)cncc1Cl. The molecular formula is C7H5Cl2NO. The van der Waals surface area contributed by atoms with Gasteiger partial charge in [0, 0.05) is 12.4 Å². The van der Waals surface area contributed by atoms with E-state index in [1.54, 1.807) is 0 Å². The molecule has 0 radical (unpaired) electrons. The third-order valence-corrected chi connectivity index (χ3v) is 1.78. The van der Waals surface area contributed by atoms with Crippen molar-refractivity contribution in [1.29, 1.82) is 0 Å². The number of ketones is 1. The number of aromatic nitrogens is 1. The quantitative estimate of drug-likeness (QED) is 0.637. The van der Waals surface area contributed by atoms with E-state index in [0.29, 0.717) is 15.6 Å². The minimum absolute atomic E-state index is 0.151. The first-order valence-electron chi connectivity index (χ1n) is 2.93. The predicted octanol–water partition coefficient (Wildman–Crippen LogP) is 2.59. The molecule has 1 aromatic rings. The van der Waals surface area contributed by atoms with Crippen LogP contribution in [0.3, 0.4) is 0 Å². The highest BCUT2D eigenvalue weighted by Crippen LogP contribution is 2.22. The minimum atomic E-state index is -0.151. The summed E-state index contributed by atoms with van der Waals surface area (Å²) in [7, 11) is 0. The van der Waals surface area contributed by atoms with Crippen LogP contribution in [0.2, 0.25) is 10.0 Å². The summed E-state index contributed by atoms with van der Waals surface area (Å²) in [6, 6.07) is 0. The highest BCUT2D eigenvalue weighted by molar-refractivity contribution is 6.39. The Bertz CT molecular complexity index is 278. The van der Waals surface area contributed by atoms with Crippen molar-refractivity contribution in [2.45, 2.75) is 6.92 Å². The summed E-state index contributed by atoms with van der Waals surface area (Å²) in [5.41, 5.74) is 0.336. The third-order valence-electron chi connectivity index (χ3n) is 1.21. The van der Waals surface area contributed by atoms with Crippen molar-refractivity contribution in [3.05, 3.63) is 28.0 Å². The van der Waals surface area contributed by atoms with Gasteiger partial charge in [-0.05, 0) is 6.92 Å². The fraction of sp³-hybridized carbons (Fsp3) is 0.143. The molecule has 0 atom stereocenters. The first kappa shape index (κ1) is 8.50. The summed E-state index contributed by atoms with van der Waals surface area (Å²) in [4.78, 5) is 14.6. The second kappa shape index (κ2) is 3.20. The van der Waals surface area contributed by atoms with Gasteiger partial charge in [0.05, 0.1) is 15.6 Å². The maximum absolute atomic E-state index is 10.9. The monoisotopic (exact) mass is 189 g/mol. The third kappa shape index (κ3) is 1.70. The first-order valence-corrected chi connectivity index (χ1v) is 3.68. The van der Waals surface area contributed by atoms with Crippen molar-refractivity contribution < 1.29 is 4.79 Å². The van der Waals surface area contributed by atoms with Crippen molar-refractivity contribution >= 4 is 29.0 Å². The van der Waals surface area contributed by atoms with E-state index in [4.69, 9.17) is 23.2 Å². The van der Waals surface area contributed by atoms with Gasteiger partial charge in [-0.25, -0.2) is 0 Å². The van der Waals surface area contributed by atoms with Crippen molar-refractivity contribution in [3.8, 4) is 0 Å². The lowest BCUT2D eigenvalue weighted by atomic mass is 10.2. The Hall–Kier alpha value is -0.600. The van der Waals surface area contributed by atoms with Gasteiger partial charge in [-0.1, -0.05) is 23.2 Å². The fourth-order valence-corrected chi connectivity index (χ4v) is 1.38. The smallest absolute Gasteiger partial charge is 0.162 e. The van der Waals surface area contributed by atoms with Crippen LogP contribution in [0, 0.1) is 0 Å². The molecule has 0 aliphatic heterocycles. The normalized spacial score (nSPS) is 9.73. The molecule has 0 bridgehead atoms. The average Bonchev–Trinajstić information content (AvgIpc) is 1.85. The van der Waals surface area contributed by atoms with Crippen LogP contribution in [-0.2, 0) is 0 Å². The van der Waals surface area contributed by atoms with E-state index in [2.05, 4.69) is 4.98 Å². The number of halogens is 2. The molecule has 0 aromatic carbocycles. The Kier molecular flexibility index (Phi) is 2.47. The number of hydrogen-bond acceptors (Lipinski definition) is 2. The molecule has 0 saturated carbocycles. The van der Waals surface area contributed by atoms with Crippen molar-refractivity contribution in [2.24, 2.45) is 0 Å². The van der Waals surface area contributed by atoms with E-state index < -0.39 is 0 Å². The van der Waals surface area contributed by atoms with Gasteiger partial charge in [-0.15, -0.1) is 0 Å². The average molecular weight is 190 g/mol. The molecular weight excluding hydrogens is 185 g/mol. The predicted molar refractivity (Wildman–Crippen MR) is 44.3 cm³/mol. The van der Waals surface area contributed by atoms with Crippen LogP contribution < -0.4 is 0 Å². The molecule has 1 heterocycles. The first-order chi connectivity index (χ1) is 5.13. The van der Waals surface area contributed by atoms with Gasteiger partial charge in [0.15, 0.2) is 5.78 Å². The summed E-state index contributed by atoms with van der Waals surface area (Å²) >= 11 is 11.3. The zero-order valence-electron chi connectivity index (χ0n) is 5.77. The van der Waals surface area contributed by atoms with E-state index in [1.165, 1.54) is 19.3 Å². The molecule has 0 aliphatic carbocycles. The molecule has 4 heteroatoms. The molecule has 0 fully saturated rings. The Balaban J connectivity index is 3.32. The molecule has 1 rings (SSSR count). The summed E-state index contributed by atoms with van der Waals surface area (Å²) in [5.74, 6) is -0.151. The maximum Gasteiger partial charge on any atom is 0.162 e. The Morgan fingerprint density at radius 1 is 1.36 bits per heavy atom. The van der Waals surface area contributed by atoms with Gasteiger partial charge in [0.25, 0.3) is 0 Å². The number of hydrogen-bond donors (Lipinski definition) is 0. The van der Waals surface area contributed by atoms with Crippen LogP contribution in [0.15, 0.2) is 12.4 Å². The van der Waals surface area contributed by atoms with Gasteiger partial charge >= 0.3 is 0 Å². The van der Waals surface area contributed by atoms with Crippen LogP contribution >= 0.6 is 23.2 Å². The Labute approximate surface area is 74.1 Å². The zero-order valence-corrected chi connectivity index (χ0v) is 7.28. The molecule has 2 nitrogen and oxygen atoms in total. The van der Waals surface area contributed by atoms with Crippen LogP contribution in [0.25, 0.3) is 0 Å². The number of nitrogens with zero attached hydrogens (tertiary/aromatic N) is 1. The highest BCUT2D eigenvalue weighted by atomic mass is 35.5. The van der Waals surface area contributed by atoms with E-state index in [0.717, 1.165) is 0 Å². The Morgan fingerprint density at radius 2 is 1.82 bits per heavy atom. The fourth-order valence-electron chi connectivity index (χ4n) is 0.748. The number of rotatable bonds is 1. The largest absolute Gasteiger partial charge is 0.294 e. The highest BCUT2D eigenvalue weighted by Gasteiger charge is 2.09. The van der Waals surface area contributed by atoms with Crippen LogP contribution in [0.5, 0.6) is 0 Å². The van der Waals surface area contributed by atoms with Crippen molar-refractivity contribution in [3.63, 3.8) is 0 Å². The molecule has 0 aliphatic rings. The van der Waals surface area contributed by atoms with E-state index in [1.807, 2.05) is 0 Å². The lowest BCUT2D eigenvalue weighted by Gasteiger charge is -1.99. The summed E-state index contributed by atoms with van der Waals surface area (Å²) in [5, 5.41) is 0.593. The standard InChI is InChI=1S/C7H5Cl2NO/c1-4(11)7-5(8)2-10-3-6(7)9/h2-3H,1H3. The summed E-state index contributed by atoms with van der Waals surface area (Å²) in [6.07, 6.45) is 2.79. The Morgan fingerprint density at radius 3 is 2.09 bits per heavy atom. The van der Waals surface area contributed by atoms with Gasteiger partial charge in [0.1, 0.15) is 0 Å². The van der Waals surface area contributed by atoms with Gasteiger partial charge < -0.3 is 0 Å². The van der Waals surface area contributed by atoms with Gasteiger partial charge in [-0.2, -0.15) is 0 Å². The van der Waals surface area contributed by atoms with E-state index in [-0.39, 0.29) is 5.78 Å². The van der Waals surface area contributed by atoms with Crippen molar-refractivity contribution in [2.75, 3.05) is 0 Å². The molecule has 0 saturated heterocycles.